The minimum atomic E-state index is -0.953. The fraction of sp³-hybridized carbons (Fsp3) is 0.316. The first kappa shape index (κ1) is 18.7. The number of ether oxygens (including phenoxy) is 1. The molecule has 2 aromatic rings. The van der Waals surface area contributed by atoms with Crippen LogP contribution >= 0.6 is 0 Å². The van der Waals surface area contributed by atoms with Crippen LogP contribution in [0.3, 0.4) is 0 Å². The van der Waals surface area contributed by atoms with Crippen molar-refractivity contribution in [1.82, 2.24) is 10.6 Å². The number of nitrogens with zero attached hydrogens (tertiary/aromatic N) is 1. The van der Waals surface area contributed by atoms with Gasteiger partial charge in [0.25, 0.3) is 0 Å². The summed E-state index contributed by atoms with van der Waals surface area (Å²) in [6, 6.07) is 13.9. The molecule has 0 saturated heterocycles. The Morgan fingerprint density at radius 3 is 2.52 bits per heavy atom. The molecule has 0 aromatic heterocycles. The van der Waals surface area contributed by atoms with Crippen LogP contribution in [-0.2, 0) is 6.54 Å². The molecule has 0 amide bonds. The number of aliphatic hydroxyl groups excluding tert-OH is 1. The minimum absolute atomic E-state index is 0.162. The van der Waals surface area contributed by atoms with E-state index in [4.69, 9.17) is 4.74 Å². The van der Waals surface area contributed by atoms with Gasteiger partial charge in [-0.05, 0) is 30.7 Å². The normalized spacial score (nSPS) is 12.6. The third kappa shape index (κ3) is 5.76. The lowest BCUT2D eigenvalue weighted by molar-refractivity contribution is 0.176. The summed E-state index contributed by atoms with van der Waals surface area (Å²) in [7, 11) is 1.63. The molecule has 0 aliphatic heterocycles. The number of methoxy groups -OCH3 is 1. The van der Waals surface area contributed by atoms with E-state index in [0.29, 0.717) is 19.0 Å². The van der Waals surface area contributed by atoms with Gasteiger partial charge < -0.3 is 20.5 Å². The van der Waals surface area contributed by atoms with Gasteiger partial charge in [-0.3, -0.25) is 0 Å². The standard InChI is InChI=1S/C19H24FN3O2/c1-3-21-19(22-12-14-8-10-15(25-2)11-9-14)23-13-18(24)16-6-4-5-7-17(16)20/h4-11,18,24H,3,12-13H2,1-2H3,(H2,21,22,23). The fourth-order valence-corrected chi connectivity index (χ4v) is 2.29. The number of aliphatic hydroxyl groups is 1. The quantitative estimate of drug-likeness (QED) is 0.533. The molecular formula is C19H24FN3O2. The molecule has 25 heavy (non-hydrogen) atoms. The second-order valence-electron chi connectivity index (χ2n) is 5.46. The third-order valence-electron chi connectivity index (χ3n) is 3.65. The van der Waals surface area contributed by atoms with Crippen LogP contribution in [0.15, 0.2) is 53.5 Å². The number of nitrogens with one attached hydrogen (secondary N) is 2. The molecule has 134 valence electrons. The Morgan fingerprint density at radius 1 is 1.16 bits per heavy atom. The number of hydrogen-bond acceptors (Lipinski definition) is 3. The highest BCUT2D eigenvalue weighted by atomic mass is 19.1. The van der Waals surface area contributed by atoms with E-state index >= 15 is 0 Å². The third-order valence-corrected chi connectivity index (χ3v) is 3.65. The first-order valence-electron chi connectivity index (χ1n) is 8.21. The summed E-state index contributed by atoms with van der Waals surface area (Å²) in [5, 5.41) is 16.3. The van der Waals surface area contributed by atoms with Crippen molar-refractivity contribution in [2.45, 2.75) is 19.6 Å². The number of aliphatic imine (C=N–C) groups is 1. The van der Waals surface area contributed by atoms with Crippen molar-refractivity contribution in [1.29, 1.82) is 0 Å². The minimum Gasteiger partial charge on any atom is -0.497 e. The molecule has 0 fully saturated rings. The van der Waals surface area contributed by atoms with E-state index in [2.05, 4.69) is 15.6 Å². The van der Waals surface area contributed by atoms with Crippen molar-refractivity contribution in [2.24, 2.45) is 4.99 Å². The molecular weight excluding hydrogens is 321 g/mol. The Labute approximate surface area is 147 Å². The van der Waals surface area contributed by atoms with Crippen LogP contribution in [0.2, 0.25) is 0 Å². The predicted molar refractivity (Wildman–Crippen MR) is 97.2 cm³/mol. The molecule has 0 heterocycles. The first-order chi connectivity index (χ1) is 12.1. The highest BCUT2D eigenvalue weighted by molar-refractivity contribution is 5.79. The van der Waals surface area contributed by atoms with Crippen LogP contribution in [0.4, 0.5) is 4.39 Å². The molecule has 0 aliphatic rings. The maximum absolute atomic E-state index is 13.7. The zero-order chi connectivity index (χ0) is 18.1. The Kier molecular flexibility index (Phi) is 7.22. The number of guanidine groups is 1. The molecule has 5 nitrogen and oxygen atoms in total. The SMILES string of the molecule is CCNC(=NCc1ccc(OC)cc1)NCC(O)c1ccccc1F. The van der Waals surface area contributed by atoms with E-state index in [1.165, 1.54) is 6.07 Å². The Hall–Kier alpha value is -2.60. The van der Waals surface area contributed by atoms with Gasteiger partial charge in [0.2, 0.25) is 0 Å². The van der Waals surface area contributed by atoms with Crippen molar-refractivity contribution in [3.8, 4) is 5.75 Å². The van der Waals surface area contributed by atoms with Crippen molar-refractivity contribution >= 4 is 5.96 Å². The van der Waals surface area contributed by atoms with Crippen molar-refractivity contribution in [3.05, 3.63) is 65.5 Å². The second-order valence-corrected chi connectivity index (χ2v) is 5.46. The highest BCUT2D eigenvalue weighted by Gasteiger charge is 2.12. The van der Waals surface area contributed by atoms with E-state index in [-0.39, 0.29) is 12.1 Å². The van der Waals surface area contributed by atoms with Gasteiger partial charge in [0.05, 0.1) is 19.8 Å². The average molecular weight is 345 g/mol. The van der Waals surface area contributed by atoms with Crippen LogP contribution in [-0.4, -0.2) is 31.3 Å². The molecule has 1 atom stereocenters. The molecule has 6 heteroatoms. The summed E-state index contributed by atoms with van der Waals surface area (Å²) in [5.41, 5.74) is 1.30. The summed E-state index contributed by atoms with van der Waals surface area (Å²) in [4.78, 5) is 4.48. The Morgan fingerprint density at radius 2 is 1.88 bits per heavy atom. The summed E-state index contributed by atoms with van der Waals surface area (Å²) in [6.07, 6.45) is -0.953. The lowest BCUT2D eigenvalue weighted by Crippen LogP contribution is -2.39. The maximum Gasteiger partial charge on any atom is 0.191 e. The van der Waals surface area contributed by atoms with E-state index in [1.807, 2.05) is 31.2 Å². The van der Waals surface area contributed by atoms with E-state index in [9.17, 15) is 9.50 Å². The van der Waals surface area contributed by atoms with Gasteiger partial charge in [-0.25, -0.2) is 9.38 Å². The van der Waals surface area contributed by atoms with Gasteiger partial charge in [0.15, 0.2) is 5.96 Å². The van der Waals surface area contributed by atoms with Crippen LogP contribution in [0.25, 0.3) is 0 Å². The monoisotopic (exact) mass is 345 g/mol. The van der Waals surface area contributed by atoms with E-state index in [1.54, 1.807) is 25.3 Å². The summed E-state index contributed by atoms with van der Waals surface area (Å²) in [5.74, 6) is 0.941. The number of rotatable bonds is 7. The molecule has 0 radical (unpaired) electrons. The van der Waals surface area contributed by atoms with E-state index in [0.717, 1.165) is 11.3 Å². The van der Waals surface area contributed by atoms with Crippen molar-refractivity contribution in [2.75, 3.05) is 20.2 Å². The van der Waals surface area contributed by atoms with Crippen LogP contribution in [0.5, 0.6) is 5.75 Å². The van der Waals surface area contributed by atoms with Gasteiger partial charge >= 0.3 is 0 Å². The smallest absolute Gasteiger partial charge is 0.191 e. The molecule has 0 spiro atoms. The molecule has 2 aromatic carbocycles. The highest BCUT2D eigenvalue weighted by Crippen LogP contribution is 2.15. The number of benzene rings is 2. The lowest BCUT2D eigenvalue weighted by Gasteiger charge is -2.16. The molecule has 3 N–H and O–H groups in total. The molecule has 1 unspecified atom stereocenters. The Balaban J connectivity index is 1.96. The fourth-order valence-electron chi connectivity index (χ4n) is 2.29. The van der Waals surface area contributed by atoms with Gasteiger partial charge in [-0.2, -0.15) is 0 Å². The van der Waals surface area contributed by atoms with Gasteiger partial charge in [-0.1, -0.05) is 30.3 Å². The zero-order valence-corrected chi connectivity index (χ0v) is 14.5. The molecule has 0 aliphatic carbocycles. The maximum atomic E-state index is 13.7. The largest absolute Gasteiger partial charge is 0.497 e. The van der Waals surface area contributed by atoms with Gasteiger partial charge in [0.1, 0.15) is 11.6 Å². The average Bonchev–Trinajstić information content (AvgIpc) is 2.64. The Bertz CT molecular complexity index is 689. The summed E-state index contributed by atoms with van der Waals surface area (Å²) < 4.78 is 18.8. The summed E-state index contributed by atoms with van der Waals surface area (Å²) in [6.45, 7) is 3.28. The van der Waals surface area contributed by atoms with Gasteiger partial charge in [0, 0.05) is 18.7 Å². The zero-order valence-electron chi connectivity index (χ0n) is 14.5. The van der Waals surface area contributed by atoms with Crippen LogP contribution in [0, 0.1) is 5.82 Å². The van der Waals surface area contributed by atoms with Gasteiger partial charge in [-0.15, -0.1) is 0 Å². The molecule has 2 rings (SSSR count). The molecule has 0 saturated carbocycles. The van der Waals surface area contributed by atoms with Crippen molar-refractivity contribution in [3.63, 3.8) is 0 Å². The van der Waals surface area contributed by atoms with Crippen LogP contribution in [0.1, 0.15) is 24.2 Å². The van der Waals surface area contributed by atoms with E-state index < -0.39 is 11.9 Å². The summed E-state index contributed by atoms with van der Waals surface area (Å²) >= 11 is 0. The topological polar surface area (TPSA) is 65.9 Å². The van der Waals surface area contributed by atoms with Crippen molar-refractivity contribution < 1.29 is 14.2 Å². The number of halogens is 1. The predicted octanol–water partition coefficient (Wildman–Crippen LogP) is 2.62. The van der Waals surface area contributed by atoms with Crippen LogP contribution < -0.4 is 15.4 Å². The lowest BCUT2D eigenvalue weighted by atomic mass is 10.1. The number of hydrogen-bond donors (Lipinski definition) is 3. The second kappa shape index (κ2) is 9.64. The molecule has 0 bridgehead atoms. The first-order valence-corrected chi connectivity index (χ1v) is 8.21.